The Morgan fingerprint density at radius 2 is 1.71 bits per heavy atom. The molecule has 17 heavy (non-hydrogen) atoms. The molecule has 1 aromatic carbocycles. The second-order valence-corrected chi connectivity index (χ2v) is 3.51. The van der Waals surface area contributed by atoms with E-state index >= 15 is 0 Å². The van der Waals surface area contributed by atoms with Crippen molar-refractivity contribution in [2.24, 2.45) is 0 Å². The minimum atomic E-state index is -0.322. The van der Waals surface area contributed by atoms with Gasteiger partial charge in [0.2, 0.25) is 5.91 Å². The van der Waals surface area contributed by atoms with Gasteiger partial charge in [-0.15, -0.1) is 0 Å². The van der Waals surface area contributed by atoms with Crippen LogP contribution < -0.4 is 19.9 Å². The summed E-state index contributed by atoms with van der Waals surface area (Å²) in [6.07, 6.45) is -0.139. The van der Waals surface area contributed by atoms with Crippen LogP contribution in [0.5, 0.6) is 11.5 Å². The van der Waals surface area contributed by atoms with Crippen LogP contribution in [0.15, 0.2) is 18.2 Å². The van der Waals surface area contributed by atoms with Crippen LogP contribution in [0.2, 0.25) is 0 Å². The molecule has 1 aliphatic heterocycles. The van der Waals surface area contributed by atoms with Gasteiger partial charge in [0.15, 0.2) is 0 Å². The molecule has 0 saturated carbocycles. The predicted molar refractivity (Wildman–Crippen MR) is 59.8 cm³/mol. The van der Waals surface area contributed by atoms with Crippen molar-refractivity contribution in [3.63, 3.8) is 0 Å². The molecule has 0 atom stereocenters. The van der Waals surface area contributed by atoms with Gasteiger partial charge < -0.3 is 9.47 Å². The Balaban J connectivity index is 2.37. The Bertz CT molecular complexity index is 450. The molecule has 1 N–H and O–H groups in total. The average molecular weight is 236 g/mol. The number of methoxy groups -OCH3 is 2. The molecule has 0 radical (unpaired) electrons. The number of benzene rings is 1. The lowest BCUT2D eigenvalue weighted by atomic mass is 10.2. The highest BCUT2D eigenvalue weighted by Gasteiger charge is 2.28. The van der Waals surface area contributed by atoms with E-state index in [9.17, 15) is 9.59 Å². The zero-order chi connectivity index (χ0) is 12.4. The first-order valence-electron chi connectivity index (χ1n) is 4.99. The number of hydrogen-bond donors (Lipinski definition) is 1. The van der Waals surface area contributed by atoms with Crippen molar-refractivity contribution in [2.75, 3.05) is 19.2 Å². The van der Waals surface area contributed by atoms with Gasteiger partial charge in [-0.1, -0.05) is 0 Å². The molecule has 90 valence electrons. The van der Waals surface area contributed by atoms with Gasteiger partial charge >= 0.3 is 0 Å². The summed E-state index contributed by atoms with van der Waals surface area (Å²) in [5.41, 5.74) is 2.97. The van der Waals surface area contributed by atoms with Crippen LogP contribution in [0.3, 0.4) is 0 Å². The van der Waals surface area contributed by atoms with Gasteiger partial charge in [0.05, 0.1) is 19.9 Å². The highest BCUT2D eigenvalue weighted by atomic mass is 16.5. The van der Waals surface area contributed by atoms with Gasteiger partial charge in [0, 0.05) is 18.2 Å². The van der Waals surface area contributed by atoms with Crippen molar-refractivity contribution >= 4 is 17.5 Å². The maximum atomic E-state index is 11.5. The van der Waals surface area contributed by atoms with Gasteiger partial charge in [-0.25, -0.2) is 5.01 Å². The lowest BCUT2D eigenvalue weighted by Crippen LogP contribution is -2.35. The zero-order valence-electron chi connectivity index (χ0n) is 9.52. The highest BCUT2D eigenvalue weighted by Crippen LogP contribution is 2.28. The molecular formula is C11H12N2O4. The van der Waals surface area contributed by atoms with Crippen molar-refractivity contribution in [2.45, 2.75) is 6.42 Å². The summed E-state index contributed by atoms with van der Waals surface area (Å²) in [6.45, 7) is 0. The molecule has 1 heterocycles. The fraction of sp³-hybridized carbons (Fsp3) is 0.273. The smallest absolute Gasteiger partial charge is 0.255 e. The number of rotatable bonds is 3. The number of carbonyl (C=O) groups is 2. The van der Waals surface area contributed by atoms with E-state index < -0.39 is 0 Å². The van der Waals surface area contributed by atoms with E-state index in [0.29, 0.717) is 17.2 Å². The van der Waals surface area contributed by atoms with Crippen LogP contribution in [0.25, 0.3) is 0 Å². The molecule has 2 rings (SSSR count). The molecule has 0 unspecified atom stereocenters. The average Bonchev–Trinajstić information content (AvgIpc) is 2.67. The maximum Gasteiger partial charge on any atom is 0.255 e. The molecule has 0 bridgehead atoms. The van der Waals surface area contributed by atoms with Crippen LogP contribution in [-0.4, -0.2) is 26.0 Å². The van der Waals surface area contributed by atoms with Crippen LogP contribution in [-0.2, 0) is 9.59 Å². The molecule has 6 heteroatoms. The molecule has 2 amide bonds. The molecule has 1 fully saturated rings. The van der Waals surface area contributed by atoms with E-state index in [4.69, 9.17) is 9.47 Å². The number of ether oxygens (including phenoxy) is 2. The van der Waals surface area contributed by atoms with E-state index in [0.717, 1.165) is 0 Å². The molecule has 1 aliphatic rings. The van der Waals surface area contributed by atoms with Crippen LogP contribution in [0.1, 0.15) is 6.42 Å². The third-order valence-electron chi connectivity index (χ3n) is 2.39. The SMILES string of the molecule is COc1cc(OC)cc(N2NC(=O)CC2=O)c1. The number of anilines is 1. The predicted octanol–water partition coefficient (Wildman–Crippen LogP) is 0.472. The fourth-order valence-corrected chi connectivity index (χ4v) is 1.57. The quantitative estimate of drug-likeness (QED) is 0.775. The largest absolute Gasteiger partial charge is 0.497 e. The lowest BCUT2D eigenvalue weighted by Gasteiger charge is -2.17. The van der Waals surface area contributed by atoms with Crippen molar-refractivity contribution in [1.82, 2.24) is 5.43 Å². The first kappa shape index (κ1) is 11.3. The third-order valence-corrected chi connectivity index (χ3v) is 2.39. The number of nitrogens with one attached hydrogen (secondary N) is 1. The van der Waals surface area contributed by atoms with E-state index in [2.05, 4.69) is 5.43 Å². The van der Waals surface area contributed by atoms with Crippen LogP contribution in [0.4, 0.5) is 5.69 Å². The molecule has 6 nitrogen and oxygen atoms in total. The summed E-state index contributed by atoms with van der Waals surface area (Å²) >= 11 is 0. The van der Waals surface area contributed by atoms with E-state index in [1.165, 1.54) is 19.2 Å². The van der Waals surface area contributed by atoms with Crippen LogP contribution >= 0.6 is 0 Å². The second kappa shape index (κ2) is 4.32. The first-order chi connectivity index (χ1) is 8.13. The lowest BCUT2D eigenvalue weighted by molar-refractivity contribution is -0.122. The molecular weight excluding hydrogens is 224 g/mol. The fourth-order valence-electron chi connectivity index (χ4n) is 1.57. The topological polar surface area (TPSA) is 67.9 Å². The minimum Gasteiger partial charge on any atom is -0.497 e. The number of amides is 2. The summed E-state index contributed by atoms with van der Waals surface area (Å²) in [4.78, 5) is 22.7. The third kappa shape index (κ3) is 2.15. The van der Waals surface area contributed by atoms with Gasteiger partial charge in [-0.05, 0) is 0 Å². The maximum absolute atomic E-state index is 11.5. The Hall–Kier alpha value is -2.24. The minimum absolute atomic E-state index is 0.139. The summed E-state index contributed by atoms with van der Waals surface area (Å²) < 4.78 is 10.2. The Morgan fingerprint density at radius 3 is 2.12 bits per heavy atom. The van der Waals surface area contributed by atoms with Crippen LogP contribution in [0, 0.1) is 0 Å². The summed E-state index contributed by atoms with van der Waals surface area (Å²) in [7, 11) is 3.03. The van der Waals surface area contributed by atoms with Gasteiger partial charge in [-0.3, -0.25) is 15.0 Å². The van der Waals surface area contributed by atoms with E-state index in [1.54, 1.807) is 18.2 Å². The molecule has 0 aromatic heterocycles. The number of hydrazine groups is 1. The second-order valence-electron chi connectivity index (χ2n) is 3.51. The van der Waals surface area contributed by atoms with E-state index in [1.807, 2.05) is 0 Å². The monoisotopic (exact) mass is 236 g/mol. The molecule has 0 spiro atoms. The summed E-state index contributed by atoms with van der Waals surface area (Å²) in [5, 5.41) is 1.19. The number of carbonyl (C=O) groups excluding carboxylic acids is 2. The molecule has 1 aromatic rings. The Labute approximate surface area is 98.1 Å². The molecule has 0 aliphatic carbocycles. The number of hydrogen-bond acceptors (Lipinski definition) is 4. The summed E-state index contributed by atoms with van der Waals surface area (Å²) in [5.74, 6) is 0.476. The van der Waals surface area contributed by atoms with Gasteiger partial charge in [-0.2, -0.15) is 0 Å². The summed E-state index contributed by atoms with van der Waals surface area (Å²) in [6, 6.07) is 4.98. The Morgan fingerprint density at radius 1 is 1.12 bits per heavy atom. The van der Waals surface area contributed by atoms with Crippen molar-refractivity contribution in [3.05, 3.63) is 18.2 Å². The zero-order valence-corrected chi connectivity index (χ0v) is 9.52. The number of nitrogens with zero attached hydrogens (tertiary/aromatic N) is 1. The Kier molecular flexibility index (Phi) is 2.86. The van der Waals surface area contributed by atoms with Crippen molar-refractivity contribution in [1.29, 1.82) is 0 Å². The first-order valence-corrected chi connectivity index (χ1v) is 4.99. The van der Waals surface area contributed by atoms with Gasteiger partial charge in [0.25, 0.3) is 5.91 Å². The van der Waals surface area contributed by atoms with Crippen molar-refractivity contribution < 1.29 is 19.1 Å². The highest BCUT2D eigenvalue weighted by molar-refractivity contribution is 6.11. The van der Waals surface area contributed by atoms with E-state index in [-0.39, 0.29) is 18.2 Å². The molecule has 1 saturated heterocycles. The van der Waals surface area contributed by atoms with Gasteiger partial charge in [0.1, 0.15) is 17.9 Å². The van der Waals surface area contributed by atoms with Crippen molar-refractivity contribution in [3.8, 4) is 11.5 Å². The normalized spacial score (nSPS) is 14.8. The standard InChI is InChI=1S/C11H12N2O4/c1-16-8-3-7(4-9(5-8)17-2)13-11(15)6-10(14)12-13/h3-5H,6H2,1-2H3,(H,12,14).